The predicted octanol–water partition coefficient (Wildman–Crippen LogP) is 1.20. The number of nitrogens with zero attached hydrogens (tertiary/aromatic N) is 1. The molecule has 1 aliphatic heterocycles. The van der Waals surface area contributed by atoms with Gasteiger partial charge in [-0.3, -0.25) is 4.79 Å². The number of β-amino-alcohol motifs (C(OH)–C–C–N with tert-alkyl or cyclic N) is 1. The molecule has 110 valence electrons. The molecule has 0 aromatic rings. The number of rotatable bonds is 4. The minimum absolute atomic E-state index is 0.00330. The minimum atomic E-state index is -1.64. The fourth-order valence-electron chi connectivity index (χ4n) is 2.55. The molecule has 0 spiro atoms. The molecule has 0 saturated carbocycles. The molecule has 0 aromatic heterocycles. The molecule has 1 N–H and O–H groups in total. The van der Waals surface area contributed by atoms with Crippen molar-refractivity contribution in [2.45, 2.75) is 45.6 Å². The highest BCUT2D eigenvalue weighted by molar-refractivity contribution is 5.81. The molecule has 2 unspecified atom stereocenters. The lowest BCUT2D eigenvalue weighted by Gasteiger charge is -2.29. The van der Waals surface area contributed by atoms with Crippen LogP contribution in [0.25, 0.3) is 0 Å². The average molecular weight is 271 g/mol. The largest absolute Gasteiger partial charge is 0.467 e. The third-order valence-electron chi connectivity index (χ3n) is 3.92. The molecule has 1 aliphatic rings. The van der Waals surface area contributed by atoms with Gasteiger partial charge >= 0.3 is 5.97 Å². The Labute approximate surface area is 114 Å². The molecule has 5 nitrogen and oxygen atoms in total. The van der Waals surface area contributed by atoms with Crippen molar-refractivity contribution in [3.05, 3.63) is 0 Å². The lowest BCUT2D eigenvalue weighted by molar-refractivity contribution is -0.163. The van der Waals surface area contributed by atoms with Crippen LogP contribution in [0.15, 0.2) is 0 Å². The van der Waals surface area contributed by atoms with Gasteiger partial charge in [-0.15, -0.1) is 0 Å². The Morgan fingerprint density at radius 2 is 2.16 bits per heavy atom. The van der Waals surface area contributed by atoms with Gasteiger partial charge in [-0.1, -0.05) is 13.8 Å². The maximum atomic E-state index is 12.0. The number of carbonyl (C=O) groups is 2. The maximum Gasteiger partial charge on any atom is 0.339 e. The Bertz CT molecular complexity index is 338. The Kier molecular flexibility index (Phi) is 5.35. The zero-order valence-corrected chi connectivity index (χ0v) is 12.3. The molecule has 0 bridgehead atoms. The van der Waals surface area contributed by atoms with E-state index in [9.17, 15) is 14.7 Å². The second kappa shape index (κ2) is 6.37. The molecule has 19 heavy (non-hydrogen) atoms. The molecule has 5 heteroatoms. The Balaban J connectivity index is 2.68. The fourth-order valence-corrected chi connectivity index (χ4v) is 2.55. The van der Waals surface area contributed by atoms with Crippen molar-refractivity contribution in [1.82, 2.24) is 4.90 Å². The summed E-state index contributed by atoms with van der Waals surface area (Å²) < 4.78 is 4.56. The topological polar surface area (TPSA) is 66.8 Å². The Morgan fingerprint density at radius 1 is 1.53 bits per heavy atom. The minimum Gasteiger partial charge on any atom is -0.467 e. The first-order chi connectivity index (χ1) is 8.77. The second-order valence-electron chi connectivity index (χ2n) is 5.91. The number of hydrogen-bond acceptors (Lipinski definition) is 4. The molecule has 0 aromatic carbocycles. The zero-order chi connectivity index (χ0) is 14.6. The molecule has 1 heterocycles. The third kappa shape index (κ3) is 4.20. The highest BCUT2D eigenvalue weighted by Crippen LogP contribution is 2.26. The van der Waals surface area contributed by atoms with E-state index in [0.29, 0.717) is 24.8 Å². The van der Waals surface area contributed by atoms with E-state index in [1.54, 1.807) is 4.90 Å². The number of methoxy groups -OCH3 is 1. The van der Waals surface area contributed by atoms with Crippen molar-refractivity contribution in [3.8, 4) is 0 Å². The Hall–Kier alpha value is -1.10. The number of esters is 1. The van der Waals surface area contributed by atoms with E-state index in [-0.39, 0.29) is 12.5 Å². The zero-order valence-electron chi connectivity index (χ0n) is 12.3. The van der Waals surface area contributed by atoms with E-state index in [4.69, 9.17) is 0 Å². The molecule has 1 amide bonds. The molecule has 2 atom stereocenters. The van der Waals surface area contributed by atoms with E-state index in [1.165, 1.54) is 14.0 Å². The van der Waals surface area contributed by atoms with Crippen molar-refractivity contribution in [3.63, 3.8) is 0 Å². The monoisotopic (exact) mass is 271 g/mol. The van der Waals surface area contributed by atoms with Gasteiger partial charge in [0.2, 0.25) is 5.91 Å². The molecular formula is C14H25NO4. The SMILES string of the molecule is COC(=O)C(C)(O)CN1CCC(C(C)C)CCC1=O. The predicted molar refractivity (Wildman–Crippen MR) is 71.4 cm³/mol. The second-order valence-corrected chi connectivity index (χ2v) is 5.91. The van der Waals surface area contributed by atoms with Crippen LogP contribution in [0.2, 0.25) is 0 Å². The van der Waals surface area contributed by atoms with E-state index in [2.05, 4.69) is 18.6 Å². The van der Waals surface area contributed by atoms with Crippen molar-refractivity contribution in [2.75, 3.05) is 20.2 Å². The number of hydrogen-bond donors (Lipinski definition) is 1. The molecule has 1 saturated heterocycles. The van der Waals surface area contributed by atoms with Gasteiger partial charge in [-0.25, -0.2) is 4.79 Å². The van der Waals surface area contributed by atoms with Gasteiger partial charge in [0.15, 0.2) is 5.60 Å². The van der Waals surface area contributed by atoms with Crippen LogP contribution in [0.3, 0.4) is 0 Å². The lowest BCUT2D eigenvalue weighted by atomic mass is 9.89. The molecule has 1 fully saturated rings. The van der Waals surface area contributed by atoms with Gasteiger partial charge in [-0.05, 0) is 31.6 Å². The van der Waals surface area contributed by atoms with E-state index in [0.717, 1.165) is 12.8 Å². The van der Waals surface area contributed by atoms with Gasteiger partial charge in [0, 0.05) is 13.0 Å². The molecule has 1 rings (SSSR count). The molecule has 0 radical (unpaired) electrons. The van der Waals surface area contributed by atoms with Gasteiger partial charge in [0.05, 0.1) is 13.7 Å². The quantitative estimate of drug-likeness (QED) is 0.780. The van der Waals surface area contributed by atoms with Crippen molar-refractivity contribution in [2.24, 2.45) is 11.8 Å². The lowest BCUT2D eigenvalue weighted by Crippen LogP contribution is -2.49. The van der Waals surface area contributed by atoms with E-state index in [1.807, 2.05) is 0 Å². The summed E-state index contributed by atoms with van der Waals surface area (Å²) >= 11 is 0. The highest BCUT2D eigenvalue weighted by atomic mass is 16.5. The normalized spacial score (nSPS) is 24.0. The Morgan fingerprint density at radius 3 is 2.68 bits per heavy atom. The van der Waals surface area contributed by atoms with E-state index < -0.39 is 11.6 Å². The summed E-state index contributed by atoms with van der Waals surface area (Å²) in [5.74, 6) is 0.378. The summed E-state index contributed by atoms with van der Waals surface area (Å²) in [5.41, 5.74) is -1.64. The summed E-state index contributed by atoms with van der Waals surface area (Å²) in [4.78, 5) is 25.1. The van der Waals surface area contributed by atoms with Gasteiger partial charge < -0.3 is 14.7 Å². The van der Waals surface area contributed by atoms with E-state index >= 15 is 0 Å². The van der Waals surface area contributed by atoms with Crippen LogP contribution in [0.1, 0.15) is 40.0 Å². The smallest absolute Gasteiger partial charge is 0.339 e. The third-order valence-corrected chi connectivity index (χ3v) is 3.92. The number of likely N-dealkylation sites (tertiary alicyclic amines) is 1. The summed E-state index contributed by atoms with van der Waals surface area (Å²) in [6, 6.07) is 0. The molecule has 0 aliphatic carbocycles. The van der Waals surface area contributed by atoms with Gasteiger partial charge in [0.25, 0.3) is 0 Å². The first-order valence-corrected chi connectivity index (χ1v) is 6.86. The van der Waals surface area contributed by atoms with Crippen molar-refractivity contribution >= 4 is 11.9 Å². The number of amides is 1. The number of aliphatic hydroxyl groups is 1. The van der Waals surface area contributed by atoms with Gasteiger partial charge in [-0.2, -0.15) is 0 Å². The summed E-state index contributed by atoms with van der Waals surface area (Å²) in [6.45, 7) is 6.31. The van der Waals surface area contributed by atoms with Crippen LogP contribution in [0, 0.1) is 11.8 Å². The summed E-state index contributed by atoms with van der Waals surface area (Å²) in [5, 5.41) is 10.1. The van der Waals surface area contributed by atoms with Crippen LogP contribution in [-0.4, -0.2) is 47.7 Å². The fraction of sp³-hybridized carbons (Fsp3) is 0.857. The van der Waals surface area contributed by atoms with Crippen molar-refractivity contribution < 1.29 is 19.4 Å². The first-order valence-electron chi connectivity index (χ1n) is 6.86. The van der Waals surface area contributed by atoms with Crippen LogP contribution in [0.4, 0.5) is 0 Å². The van der Waals surface area contributed by atoms with Crippen LogP contribution in [-0.2, 0) is 14.3 Å². The standard InChI is InChI=1S/C14H25NO4/c1-10(2)11-5-6-12(16)15(8-7-11)9-14(3,18)13(17)19-4/h10-11,18H,5-9H2,1-4H3. The number of carbonyl (C=O) groups excluding carboxylic acids is 2. The van der Waals surface area contributed by atoms with Crippen LogP contribution >= 0.6 is 0 Å². The van der Waals surface area contributed by atoms with Crippen molar-refractivity contribution in [1.29, 1.82) is 0 Å². The van der Waals surface area contributed by atoms with Gasteiger partial charge in [0.1, 0.15) is 0 Å². The maximum absolute atomic E-state index is 12.0. The highest BCUT2D eigenvalue weighted by Gasteiger charge is 2.36. The summed E-state index contributed by atoms with van der Waals surface area (Å²) in [6.07, 6.45) is 2.29. The average Bonchev–Trinajstić information content (AvgIpc) is 2.51. The summed E-state index contributed by atoms with van der Waals surface area (Å²) in [7, 11) is 1.23. The number of ether oxygens (including phenoxy) is 1. The first kappa shape index (κ1) is 16.0. The molecular weight excluding hydrogens is 246 g/mol. The van der Waals surface area contributed by atoms with Crippen LogP contribution < -0.4 is 0 Å². The van der Waals surface area contributed by atoms with Crippen LogP contribution in [0.5, 0.6) is 0 Å².